The number of piperidine rings is 1. The van der Waals surface area contributed by atoms with Crippen LogP contribution in [0.5, 0.6) is 0 Å². The van der Waals surface area contributed by atoms with Crippen LogP contribution < -0.4 is 5.32 Å². The molecular formula is C28H31N3O2S. The van der Waals surface area contributed by atoms with Crippen LogP contribution in [-0.4, -0.2) is 34.8 Å². The summed E-state index contributed by atoms with van der Waals surface area (Å²) in [5.41, 5.74) is 4.42. The third kappa shape index (κ3) is 5.81. The van der Waals surface area contributed by atoms with Crippen LogP contribution >= 0.6 is 11.3 Å². The first kappa shape index (κ1) is 23.9. The van der Waals surface area contributed by atoms with E-state index in [0.29, 0.717) is 18.0 Å². The van der Waals surface area contributed by atoms with Crippen LogP contribution in [0.25, 0.3) is 11.1 Å². The van der Waals surface area contributed by atoms with Gasteiger partial charge in [-0.2, -0.15) is 0 Å². The van der Waals surface area contributed by atoms with Crippen molar-refractivity contribution in [1.29, 1.82) is 0 Å². The monoisotopic (exact) mass is 473 g/mol. The molecule has 2 heterocycles. The molecule has 2 aromatic carbocycles. The van der Waals surface area contributed by atoms with E-state index in [9.17, 15) is 9.59 Å². The van der Waals surface area contributed by atoms with Crippen molar-refractivity contribution in [2.24, 2.45) is 0 Å². The number of hydrogen-bond donors (Lipinski definition) is 1. The topological polar surface area (TPSA) is 62.3 Å². The summed E-state index contributed by atoms with van der Waals surface area (Å²) in [7, 11) is 0. The molecule has 1 fully saturated rings. The van der Waals surface area contributed by atoms with Crippen molar-refractivity contribution in [3.05, 3.63) is 82.3 Å². The van der Waals surface area contributed by atoms with E-state index in [2.05, 4.69) is 16.4 Å². The number of thiazole rings is 1. The van der Waals surface area contributed by atoms with Gasteiger partial charge in [0, 0.05) is 42.1 Å². The molecule has 176 valence electrons. The summed E-state index contributed by atoms with van der Waals surface area (Å²) in [6.45, 7) is 5.53. The van der Waals surface area contributed by atoms with Gasteiger partial charge >= 0.3 is 0 Å². The largest absolute Gasteiger partial charge is 0.343 e. The van der Waals surface area contributed by atoms with Crippen LogP contribution in [0.3, 0.4) is 0 Å². The number of nitrogens with zero attached hydrogens (tertiary/aromatic N) is 2. The third-order valence-electron chi connectivity index (χ3n) is 6.22. The van der Waals surface area contributed by atoms with Crippen molar-refractivity contribution in [3.63, 3.8) is 0 Å². The molecular weight excluding hydrogens is 442 g/mol. The highest BCUT2D eigenvalue weighted by Gasteiger charge is 2.26. The molecule has 1 aromatic heterocycles. The van der Waals surface area contributed by atoms with Crippen LogP contribution in [0, 0.1) is 6.92 Å². The molecule has 2 amide bonds. The molecule has 0 saturated carbocycles. The predicted molar refractivity (Wildman–Crippen MR) is 139 cm³/mol. The number of rotatable bonds is 7. The van der Waals surface area contributed by atoms with Crippen molar-refractivity contribution in [3.8, 4) is 11.1 Å². The lowest BCUT2D eigenvalue weighted by Crippen LogP contribution is -2.37. The summed E-state index contributed by atoms with van der Waals surface area (Å²) in [5, 5.41) is 5.89. The Hall–Kier alpha value is -3.25. The van der Waals surface area contributed by atoms with E-state index >= 15 is 0 Å². The number of carbonyl (C=O) groups is 2. The summed E-state index contributed by atoms with van der Waals surface area (Å²) >= 11 is 1.54. The first-order valence-corrected chi connectivity index (χ1v) is 12.7. The Kier molecular flexibility index (Phi) is 7.91. The molecule has 3 aromatic rings. The van der Waals surface area contributed by atoms with E-state index < -0.39 is 0 Å². The number of nitrogens with one attached hydrogen (secondary N) is 1. The van der Waals surface area contributed by atoms with Gasteiger partial charge in [-0.05, 0) is 50.8 Å². The maximum absolute atomic E-state index is 13.0. The number of allylic oxidation sites excluding steroid dienone is 2. The normalized spacial score (nSPS) is 14.5. The second-order valence-corrected chi connectivity index (χ2v) is 9.59. The summed E-state index contributed by atoms with van der Waals surface area (Å²) in [4.78, 5) is 32.0. The predicted octanol–water partition coefficient (Wildman–Crippen LogP) is 6.43. The van der Waals surface area contributed by atoms with Crippen molar-refractivity contribution < 1.29 is 9.59 Å². The SMILES string of the molecule is C/C=C/CCC(=O)N1CCC(c2nc(C(=O)Nc3ccc(C)cc3-c3ccccc3)cs2)CC1. The van der Waals surface area contributed by atoms with Crippen LogP contribution in [0.1, 0.15) is 59.6 Å². The molecule has 0 aliphatic carbocycles. The number of aromatic nitrogens is 1. The van der Waals surface area contributed by atoms with Gasteiger partial charge in [-0.1, -0.05) is 54.1 Å². The minimum atomic E-state index is -0.194. The quantitative estimate of drug-likeness (QED) is 0.402. The van der Waals surface area contributed by atoms with E-state index in [1.165, 1.54) is 11.3 Å². The molecule has 0 unspecified atom stereocenters. The molecule has 0 atom stereocenters. The van der Waals surface area contributed by atoms with E-state index in [1.54, 1.807) is 0 Å². The van der Waals surface area contributed by atoms with Crippen molar-refractivity contribution in [2.75, 3.05) is 18.4 Å². The number of likely N-dealkylation sites (tertiary alicyclic amines) is 1. The number of benzene rings is 2. The number of carbonyl (C=O) groups excluding carboxylic acids is 2. The van der Waals surface area contributed by atoms with Crippen LogP contribution in [-0.2, 0) is 4.79 Å². The minimum Gasteiger partial charge on any atom is -0.343 e. The number of anilines is 1. The summed E-state index contributed by atoms with van der Waals surface area (Å²) in [6, 6.07) is 16.1. The number of hydrogen-bond acceptors (Lipinski definition) is 4. The second kappa shape index (κ2) is 11.3. The van der Waals surface area contributed by atoms with Crippen LogP contribution in [0.4, 0.5) is 5.69 Å². The van der Waals surface area contributed by atoms with Crippen LogP contribution in [0.2, 0.25) is 0 Å². The minimum absolute atomic E-state index is 0.194. The molecule has 6 heteroatoms. The Bertz CT molecular complexity index is 1160. The van der Waals surface area contributed by atoms with E-state index in [0.717, 1.165) is 59.7 Å². The average molecular weight is 474 g/mol. The third-order valence-corrected chi connectivity index (χ3v) is 7.23. The Morgan fingerprint density at radius 1 is 1.15 bits per heavy atom. The fraction of sp³-hybridized carbons (Fsp3) is 0.321. The fourth-order valence-electron chi connectivity index (χ4n) is 4.30. The maximum atomic E-state index is 13.0. The molecule has 0 radical (unpaired) electrons. The van der Waals surface area contributed by atoms with Crippen molar-refractivity contribution in [2.45, 2.75) is 45.4 Å². The van der Waals surface area contributed by atoms with Crippen LogP contribution in [0.15, 0.2) is 66.1 Å². The zero-order valence-electron chi connectivity index (χ0n) is 19.8. The van der Waals surface area contributed by atoms with E-state index in [4.69, 9.17) is 0 Å². The lowest BCUT2D eigenvalue weighted by atomic mass is 9.97. The lowest BCUT2D eigenvalue weighted by molar-refractivity contribution is -0.132. The van der Waals surface area contributed by atoms with E-state index in [-0.39, 0.29) is 11.8 Å². The number of aryl methyl sites for hydroxylation is 1. The zero-order valence-corrected chi connectivity index (χ0v) is 20.6. The average Bonchev–Trinajstić information content (AvgIpc) is 3.36. The molecule has 4 rings (SSSR count). The lowest BCUT2D eigenvalue weighted by Gasteiger charge is -2.31. The molecule has 1 aliphatic heterocycles. The van der Waals surface area contributed by atoms with Gasteiger partial charge in [0.2, 0.25) is 5.91 Å². The zero-order chi connectivity index (χ0) is 23.9. The van der Waals surface area contributed by atoms with Gasteiger partial charge in [-0.3, -0.25) is 9.59 Å². The molecule has 1 N–H and O–H groups in total. The van der Waals surface area contributed by atoms with Gasteiger partial charge in [0.05, 0.1) is 5.01 Å². The molecule has 0 bridgehead atoms. The Balaban J connectivity index is 1.39. The highest BCUT2D eigenvalue weighted by Crippen LogP contribution is 2.32. The van der Waals surface area contributed by atoms with Crippen molar-refractivity contribution in [1.82, 2.24) is 9.88 Å². The standard InChI is InChI=1S/C28H31N3O2S/c1-3-4-6-11-26(32)31-16-14-22(15-17-31)28-30-25(19-34-28)27(33)29-24-13-12-20(2)18-23(24)21-9-7-5-8-10-21/h3-5,7-10,12-13,18-19,22H,6,11,14-17H2,1-2H3,(H,29,33)/b4-3+. The number of amides is 2. The van der Waals surface area contributed by atoms with Gasteiger partial charge in [0.15, 0.2) is 0 Å². The Morgan fingerprint density at radius 2 is 1.91 bits per heavy atom. The van der Waals surface area contributed by atoms with Gasteiger partial charge in [-0.25, -0.2) is 4.98 Å². The molecule has 1 aliphatic rings. The van der Waals surface area contributed by atoms with E-state index in [1.807, 2.05) is 78.7 Å². The molecule has 5 nitrogen and oxygen atoms in total. The van der Waals surface area contributed by atoms with Gasteiger partial charge < -0.3 is 10.2 Å². The highest BCUT2D eigenvalue weighted by molar-refractivity contribution is 7.10. The Morgan fingerprint density at radius 3 is 2.65 bits per heavy atom. The fourth-order valence-corrected chi connectivity index (χ4v) is 5.27. The highest BCUT2D eigenvalue weighted by atomic mass is 32.1. The first-order valence-electron chi connectivity index (χ1n) is 11.9. The molecule has 1 saturated heterocycles. The Labute approximate surface area is 205 Å². The van der Waals surface area contributed by atoms with Crippen molar-refractivity contribution >= 4 is 28.8 Å². The molecule has 34 heavy (non-hydrogen) atoms. The smallest absolute Gasteiger partial charge is 0.275 e. The second-order valence-electron chi connectivity index (χ2n) is 8.70. The summed E-state index contributed by atoms with van der Waals surface area (Å²) in [5.74, 6) is 0.327. The maximum Gasteiger partial charge on any atom is 0.275 e. The van der Waals surface area contributed by atoms with Gasteiger partial charge in [0.25, 0.3) is 5.91 Å². The first-order chi connectivity index (χ1) is 16.5. The molecule has 0 spiro atoms. The van der Waals surface area contributed by atoms with Gasteiger partial charge in [-0.15, -0.1) is 11.3 Å². The summed E-state index contributed by atoms with van der Waals surface area (Å²) < 4.78 is 0. The summed E-state index contributed by atoms with van der Waals surface area (Å²) in [6.07, 6.45) is 7.16. The van der Waals surface area contributed by atoms with Gasteiger partial charge in [0.1, 0.15) is 5.69 Å².